The molecule has 0 bridgehead atoms. The van der Waals surface area contributed by atoms with E-state index in [9.17, 15) is 0 Å². The molecule has 2 rings (SSSR count). The first-order valence-electron chi connectivity index (χ1n) is 5.42. The number of aromatic nitrogens is 2. The quantitative estimate of drug-likeness (QED) is 0.396. The zero-order valence-electron chi connectivity index (χ0n) is 10.3. The minimum Gasteiger partial charge on any atom is -0.271 e. The summed E-state index contributed by atoms with van der Waals surface area (Å²) in [5, 5.41) is 16.5. The molecule has 5 nitrogen and oxygen atoms in total. The van der Waals surface area contributed by atoms with Crippen LogP contribution in [0.2, 0.25) is 10.0 Å². The molecule has 102 valence electrons. The minimum absolute atomic E-state index is 0.428. The van der Waals surface area contributed by atoms with Crippen molar-refractivity contribution in [2.24, 2.45) is 4.99 Å². The lowest BCUT2D eigenvalue weighted by molar-refractivity contribution is 0.881. The molecule has 1 N–H and O–H groups in total. The summed E-state index contributed by atoms with van der Waals surface area (Å²) in [6.45, 7) is 0. The molecule has 0 spiro atoms. The van der Waals surface area contributed by atoms with E-state index in [0.29, 0.717) is 26.6 Å². The zero-order valence-corrected chi connectivity index (χ0v) is 12.7. The van der Waals surface area contributed by atoms with Gasteiger partial charge in [-0.15, -0.1) is 0 Å². The molecule has 0 aliphatic rings. The average molecular weight is 326 g/mol. The second-order valence-electron chi connectivity index (χ2n) is 3.57. The van der Waals surface area contributed by atoms with E-state index >= 15 is 0 Å². The highest BCUT2D eigenvalue weighted by atomic mass is 35.5. The Kier molecular flexibility index (Phi) is 4.90. The summed E-state index contributed by atoms with van der Waals surface area (Å²) in [6, 6.07) is 5.11. The molecule has 0 saturated carbocycles. The third-order valence-corrected chi connectivity index (χ3v) is 3.48. The Hall–Kier alpha value is -1.68. The maximum Gasteiger partial charge on any atom is 0.183 e. The number of halogens is 2. The van der Waals surface area contributed by atoms with Crippen molar-refractivity contribution in [2.45, 2.75) is 0 Å². The lowest BCUT2D eigenvalue weighted by atomic mass is 10.3. The van der Waals surface area contributed by atoms with Crippen LogP contribution < -0.4 is 5.32 Å². The van der Waals surface area contributed by atoms with Gasteiger partial charge in [-0.3, -0.25) is 5.32 Å². The molecule has 1 aromatic carbocycles. The Morgan fingerprint density at radius 1 is 1.45 bits per heavy atom. The van der Waals surface area contributed by atoms with E-state index in [1.807, 2.05) is 12.4 Å². The van der Waals surface area contributed by atoms with Gasteiger partial charge in [-0.2, -0.15) is 10.4 Å². The fraction of sp³-hybridized carbons (Fsp3) is 0.0833. The second-order valence-corrected chi connectivity index (χ2v) is 5.18. The number of benzene rings is 1. The smallest absolute Gasteiger partial charge is 0.183 e. The highest BCUT2D eigenvalue weighted by Gasteiger charge is 2.11. The molecular formula is C12H9Cl2N5S. The third-order valence-electron chi connectivity index (χ3n) is 2.32. The summed E-state index contributed by atoms with van der Waals surface area (Å²) in [5.41, 5.74) is 1.15. The molecule has 0 saturated heterocycles. The predicted molar refractivity (Wildman–Crippen MR) is 82.9 cm³/mol. The van der Waals surface area contributed by atoms with Crippen molar-refractivity contribution in [1.82, 2.24) is 15.1 Å². The standard InChI is InChI=1S/C12H9Cl2N5S/c1-20-12(16-7-15)18-8-5-9(13)11(10(14)6-8)19-4-2-3-17-19/h2-6H,1H3,(H,16,18). The van der Waals surface area contributed by atoms with Crippen LogP contribution in [0.25, 0.3) is 5.69 Å². The van der Waals surface area contributed by atoms with Gasteiger partial charge < -0.3 is 0 Å². The summed E-state index contributed by atoms with van der Waals surface area (Å²) in [6.07, 6.45) is 7.02. The molecule has 8 heteroatoms. The number of amidine groups is 1. The Bertz CT molecular complexity index is 653. The Morgan fingerprint density at radius 2 is 2.15 bits per heavy atom. The van der Waals surface area contributed by atoms with Crippen LogP contribution in [0.3, 0.4) is 0 Å². The Labute approximate surface area is 130 Å². The predicted octanol–water partition coefficient (Wildman–Crippen LogP) is 3.60. The highest BCUT2D eigenvalue weighted by molar-refractivity contribution is 8.13. The third kappa shape index (κ3) is 3.25. The maximum atomic E-state index is 8.61. The molecule has 0 aliphatic carbocycles. The van der Waals surface area contributed by atoms with Crippen LogP contribution in [0.1, 0.15) is 0 Å². The van der Waals surface area contributed by atoms with Crippen LogP contribution in [0.4, 0.5) is 5.69 Å². The lowest BCUT2D eigenvalue weighted by Crippen LogP contribution is -2.12. The van der Waals surface area contributed by atoms with Crippen LogP contribution in [0.15, 0.2) is 35.6 Å². The Morgan fingerprint density at radius 3 is 2.65 bits per heavy atom. The monoisotopic (exact) mass is 325 g/mol. The molecule has 0 amide bonds. The van der Waals surface area contributed by atoms with Crippen LogP contribution in [-0.4, -0.2) is 21.2 Å². The summed E-state index contributed by atoms with van der Waals surface area (Å²) < 4.78 is 1.58. The van der Waals surface area contributed by atoms with Crippen LogP contribution in [0.5, 0.6) is 0 Å². The number of rotatable bonds is 2. The molecule has 0 atom stereocenters. The van der Waals surface area contributed by atoms with Crippen molar-refractivity contribution < 1.29 is 0 Å². The van der Waals surface area contributed by atoms with Gasteiger partial charge in [0.05, 0.1) is 15.7 Å². The molecule has 0 aliphatic heterocycles. The average Bonchev–Trinajstić information content (AvgIpc) is 2.91. The number of nitriles is 1. The summed E-state index contributed by atoms with van der Waals surface area (Å²) in [4.78, 5) is 4.26. The first-order chi connectivity index (χ1) is 9.65. The maximum absolute atomic E-state index is 8.61. The van der Waals surface area contributed by atoms with Gasteiger partial charge in [0.2, 0.25) is 0 Å². The number of thioether (sulfide) groups is 1. The number of aliphatic imine (C=N–C) groups is 1. The van der Waals surface area contributed by atoms with Crippen molar-refractivity contribution in [3.8, 4) is 11.9 Å². The Balaban J connectivity index is 2.43. The molecule has 1 heterocycles. The lowest BCUT2D eigenvalue weighted by Gasteiger charge is -2.08. The van der Waals surface area contributed by atoms with Gasteiger partial charge in [0.15, 0.2) is 11.4 Å². The number of hydrogen-bond donors (Lipinski definition) is 1. The molecule has 0 fully saturated rings. The molecule has 20 heavy (non-hydrogen) atoms. The molecule has 2 aromatic rings. The summed E-state index contributed by atoms with van der Waals surface area (Å²) in [7, 11) is 0. The normalized spacial score (nSPS) is 11.2. The SMILES string of the molecule is CS/C(=N\c1cc(Cl)c(-n2cccn2)c(Cl)c1)NC#N. The van der Waals surface area contributed by atoms with Gasteiger partial charge in [0, 0.05) is 12.4 Å². The zero-order chi connectivity index (χ0) is 14.5. The molecule has 0 radical (unpaired) electrons. The minimum atomic E-state index is 0.428. The summed E-state index contributed by atoms with van der Waals surface area (Å²) >= 11 is 13.8. The van der Waals surface area contributed by atoms with Crippen molar-refractivity contribution in [3.63, 3.8) is 0 Å². The van der Waals surface area contributed by atoms with E-state index in [1.54, 1.807) is 35.3 Å². The van der Waals surface area contributed by atoms with Gasteiger partial charge in [-0.1, -0.05) is 35.0 Å². The molecule has 1 aromatic heterocycles. The van der Waals surface area contributed by atoms with Crippen LogP contribution in [0, 0.1) is 11.5 Å². The topological polar surface area (TPSA) is 66.0 Å². The molecular weight excluding hydrogens is 317 g/mol. The van der Waals surface area contributed by atoms with E-state index in [4.69, 9.17) is 28.5 Å². The van der Waals surface area contributed by atoms with Crippen molar-refractivity contribution in [1.29, 1.82) is 5.26 Å². The highest BCUT2D eigenvalue weighted by Crippen LogP contribution is 2.33. The fourth-order valence-corrected chi connectivity index (χ4v) is 2.52. The van der Waals surface area contributed by atoms with E-state index in [-0.39, 0.29) is 0 Å². The van der Waals surface area contributed by atoms with Gasteiger partial charge in [0.1, 0.15) is 5.69 Å². The van der Waals surface area contributed by atoms with Gasteiger partial charge in [0.25, 0.3) is 0 Å². The first-order valence-corrected chi connectivity index (χ1v) is 7.40. The number of hydrogen-bond acceptors (Lipinski definition) is 4. The number of nitrogens with one attached hydrogen (secondary N) is 1. The van der Waals surface area contributed by atoms with E-state index < -0.39 is 0 Å². The van der Waals surface area contributed by atoms with Crippen LogP contribution in [-0.2, 0) is 0 Å². The largest absolute Gasteiger partial charge is 0.271 e. The molecule has 0 unspecified atom stereocenters. The van der Waals surface area contributed by atoms with Crippen LogP contribution >= 0.6 is 35.0 Å². The number of nitrogens with zero attached hydrogens (tertiary/aromatic N) is 4. The van der Waals surface area contributed by atoms with E-state index in [1.165, 1.54) is 11.8 Å². The fourth-order valence-electron chi connectivity index (χ4n) is 1.53. The summed E-state index contributed by atoms with van der Waals surface area (Å²) in [5.74, 6) is 0. The van der Waals surface area contributed by atoms with Crippen molar-refractivity contribution >= 4 is 45.8 Å². The van der Waals surface area contributed by atoms with Crippen molar-refractivity contribution in [3.05, 3.63) is 40.6 Å². The first kappa shape index (κ1) is 14.7. The second kappa shape index (κ2) is 6.66. The van der Waals surface area contributed by atoms with Gasteiger partial charge in [-0.05, 0) is 24.5 Å². The van der Waals surface area contributed by atoms with Gasteiger partial charge in [-0.25, -0.2) is 9.67 Å². The van der Waals surface area contributed by atoms with Crippen molar-refractivity contribution in [2.75, 3.05) is 6.26 Å². The van der Waals surface area contributed by atoms with Gasteiger partial charge >= 0.3 is 0 Å². The van der Waals surface area contributed by atoms with E-state index in [0.717, 1.165) is 0 Å². The van der Waals surface area contributed by atoms with E-state index in [2.05, 4.69) is 15.4 Å².